The Labute approximate surface area is 117 Å². The van der Waals surface area contributed by atoms with Crippen molar-refractivity contribution < 1.29 is 4.79 Å². The van der Waals surface area contributed by atoms with Crippen molar-refractivity contribution in [1.82, 2.24) is 0 Å². The number of hydrogen-bond acceptors (Lipinski definition) is 2. The van der Waals surface area contributed by atoms with Crippen molar-refractivity contribution in [2.24, 2.45) is 0 Å². The molecule has 1 unspecified atom stereocenters. The SMILES string of the molecule is CC(Nc1ccccc1)C(=O)Nc1ccccc1Cl. The van der Waals surface area contributed by atoms with E-state index in [1.807, 2.05) is 42.5 Å². The zero-order valence-corrected chi connectivity index (χ0v) is 11.3. The number of rotatable bonds is 4. The fourth-order valence-corrected chi connectivity index (χ4v) is 1.84. The molecule has 0 radical (unpaired) electrons. The lowest BCUT2D eigenvalue weighted by Gasteiger charge is -2.15. The Hall–Kier alpha value is -2.00. The van der Waals surface area contributed by atoms with Crippen LogP contribution in [0.1, 0.15) is 6.92 Å². The van der Waals surface area contributed by atoms with E-state index in [0.717, 1.165) is 5.69 Å². The van der Waals surface area contributed by atoms with Crippen LogP contribution in [0.5, 0.6) is 0 Å². The zero-order valence-electron chi connectivity index (χ0n) is 10.6. The van der Waals surface area contributed by atoms with E-state index >= 15 is 0 Å². The van der Waals surface area contributed by atoms with Gasteiger partial charge in [-0.15, -0.1) is 0 Å². The summed E-state index contributed by atoms with van der Waals surface area (Å²) < 4.78 is 0. The molecular formula is C15H15ClN2O. The summed E-state index contributed by atoms with van der Waals surface area (Å²) in [5.74, 6) is -0.128. The number of halogens is 1. The third-order valence-electron chi connectivity index (χ3n) is 2.68. The maximum Gasteiger partial charge on any atom is 0.246 e. The number of anilines is 2. The van der Waals surface area contributed by atoms with Crippen LogP contribution < -0.4 is 10.6 Å². The highest BCUT2D eigenvalue weighted by molar-refractivity contribution is 6.33. The van der Waals surface area contributed by atoms with Gasteiger partial charge in [0.05, 0.1) is 10.7 Å². The van der Waals surface area contributed by atoms with Gasteiger partial charge in [-0.3, -0.25) is 4.79 Å². The Kier molecular flexibility index (Phi) is 4.42. The molecule has 0 fully saturated rings. The minimum absolute atomic E-state index is 0.128. The highest BCUT2D eigenvalue weighted by Gasteiger charge is 2.13. The first-order chi connectivity index (χ1) is 9.16. The summed E-state index contributed by atoms with van der Waals surface area (Å²) in [6.07, 6.45) is 0. The molecule has 2 rings (SSSR count). The standard InChI is InChI=1S/C15H15ClN2O/c1-11(17-12-7-3-2-4-8-12)15(19)18-14-10-6-5-9-13(14)16/h2-11,17H,1H3,(H,18,19). The van der Waals surface area contributed by atoms with E-state index in [9.17, 15) is 4.79 Å². The van der Waals surface area contributed by atoms with Crippen molar-refractivity contribution in [1.29, 1.82) is 0 Å². The minimum Gasteiger partial charge on any atom is -0.374 e. The molecular weight excluding hydrogens is 260 g/mol. The Balaban J connectivity index is 1.99. The average Bonchev–Trinajstić information content (AvgIpc) is 2.42. The lowest BCUT2D eigenvalue weighted by atomic mass is 10.2. The first-order valence-electron chi connectivity index (χ1n) is 6.04. The zero-order chi connectivity index (χ0) is 13.7. The van der Waals surface area contributed by atoms with Gasteiger partial charge in [-0.2, -0.15) is 0 Å². The van der Waals surface area contributed by atoms with Crippen LogP contribution in [0.3, 0.4) is 0 Å². The summed E-state index contributed by atoms with van der Waals surface area (Å²) in [5, 5.41) is 6.45. The van der Waals surface area contributed by atoms with E-state index in [2.05, 4.69) is 10.6 Å². The molecule has 1 amide bonds. The molecule has 2 aromatic carbocycles. The highest BCUT2D eigenvalue weighted by Crippen LogP contribution is 2.20. The van der Waals surface area contributed by atoms with Crippen molar-refractivity contribution in [3.05, 3.63) is 59.6 Å². The molecule has 4 heteroatoms. The first-order valence-corrected chi connectivity index (χ1v) is 6.41. The molecule has 0 spiro atoms. The van der Waals surface area contributed by atoms with Gasteiger partial charge in [0.15, 0.2) is 0 Å². The van der Waals surface area contributed by atoms with E-state index in [4.69, 9.17) is 11.6 Å². The molecule has 2 aromatic rings. The van der Waals surface area contributed by atoms with Crippen LogP contribution in [0, 0.1) is 0 Å². The van der Waals surface area contributed by atoms with Crippen molar-refractivity contribution >= 4 is 28.9 Å². The van der Waals surface area contributed by atoms with Crippen LogP contribution >= 0.6 is 11.6 Å². The van der Waals surface area contributed by atoms with E-state index in [0.29, 0.717) is 10.7 Å². The number of nitrogens with one attached hydrogen (secondary N) is 2. The predicted molar refractivity (Wildman–Crippen MR) is 79.6 cm³/mol. The first kappa shape index (κ1) is 13.4. The fraction of sp³-hybridized carbons (Fsp3) is 0.133. The summed E-state index contributed by atoms with van der Waals surface area (Å²) in [6, 6.07) is 16.4. The van der Waals surface area contributed by atoms with E-state index in [-0.39, 0.29) is 11.9 Å². The molecule has 0 aromatic heterocycles. The van der Waals surface area contributed by atoms with Crippen LogP contribution in [0.15, 0.2) is 54.6 Å². The molecule has 3 nitrogen and oxygen atoms in total. The molecule has 19 heavy (non-hydrogen) atoms. The van der Waals surface area contributed by atoms with E-state index in [1.54, 1.807) is 19.1 Å². The third kappa shape index (κ3) is 3.73. The van der Waals surface area contributed by atoms with Gasteiger partial charge in [0.1, 0.15) is 6.04 Å². The summed E-state index contributed by atoms with van der Waals surface area (Å²) in [7, 11) is 0. The average molecular weight is 275 g/mol. The van der Waals surface area contributed by atoms with E-state index in [1.165, 1.54) is 0 Å². The minimum atomic E-state index is -0.348. The summed E-state index contributed by atoms with van der Waals surface area (Å²) in [5.41, 5.74) is 1.53. The lowest BCUT2D eigenvalue weighted by molar-refractivity contribution is -0.116. The predicted octanol–water partition coefficient (Wildman–Crippen LogP) is 3.78. The molecule has 0 saturated carbocycles. The monoisotopic (exact) mass is 274 g/mol. The molecule has 0 aliphatic heterocycles. The van der Waals surface area contributed by atoms with Crippen molar-refractivity contribution in [2.75, 3.05) is 10.6 Å². The van der Waals surface area contributed by atoms with Crippen molar-refractivity contribution in [2.45, 2.75) is 13.0 Å². The molecule has 0 aliphatic carbocycles. The Bertz CT molecular complexity index is 557. The smallest absolute Gasteiger partial charge is 0.246 e. The maximum absolute atomic E-state index is 12.0. The van der Waals surface area contributed by atoms with Crippen molar-refractivity contribution in [3.63, 3.8) is 0 Å². The number of carbonyl (C=O) groups excluding carboxylic acids is 1. The van der Waals surface area contributed by atoms with Crippen LogP contribution in [0.25, 0.3) is 0 Å². The number of hydrogen-bond donors (Lipinski definition) is 2. The second-order valence-corrected chi connectivity index (χ2v) is 4.61. The number of amides is 1. The topological polar surface area (TPSA) is 41.1 Å². The normalized spacial score (nSPS) is 11.7. The van der Waals surface area contributed by atoms with Gasteiger partial charge >= 0.3 is 0 Å². The van der Waals surface area contributed by atoms with Gasteiger partial charge in [0.2, 0.25) is 5.91 Å². The molecule has 2 N–H and O–H groups in total. The lowest BCUT2D eigenvalue weighted by Crippen LogP contribution is -2.31. The quantitative estimate of drug-likeness (QED) is 0.891. The Morgan fingerprint density at radius 3 is 2.37 bits per heavy atom. The second kappa shape index (κ2) is 6.25. The maximum atomic E-state index is 12.0. The van der Waals surface area contributed by atoms with E-state index < -0.39 is 0 Å². The van der Waals surface area contributed by atoms with Gasteiger partial charge in [-0.25, -0.2) is 0 Å². The number of carbonyl (C=O) groups is 1. The number of para-hydroxylation sites is 2. The summed E-state index contributed by atoms with van der Waals surface area (Å²) >= 11 is 6.00. The third-order valence-corrected chi connectivity index (χ3v) is 3.01. The van der Waals surface area contributed by atoms with Crippen LogP contribution in [-0.4, -0.2) is 11.9 Å². The van der Waals surface area contributed by atoms with Crippen molar-refractivity contribution in [3.8, 4) is 0 Å². The van der Waals surface area contributed by atoms with Crippen LogP contribution in [0.4, 0.5) is 11.4 Å². The van der Waals surface area contributed by atoms with Gasteiger partial charge in [0, 0.05) is 5.69 Å². The number of benzene rings is 2. The van der Waals surface area contributed by atoms with Gasteiger partial charge < -0.3 is 10.6 Å². The van der Waals surface area contributed by atoms with Gasteiger partial charge in [-0.1, -0.05) is 41.9 Å². The molecule has 0 saturated heterocycles. The molecule has 0 bridgehead atoms. The second-order valence-electron chi connectivity index (χ2n) is 4.20. The molecule has 98 valence electrons. The Morgan fingerprint density at radius 2 is 1.68 bits per heavy atom. The largest absolute Gasteiger partial charge is 0.374 e. The van der Waals surface area contributed by atoms with Gasteiger partial charge in [0.25, 0.3) is 0 Å². The van der Waals surface area contributed by atoms with Crippen LogP contribution in [0.2, 0.25) is 5.02 Å². The molecule has 1 atom stereocenters. The Morgan fingerprint density at radius 1 is 1.05 bits per heavy atom. The van der Waals surface area contributed by atoms with Crippen LogP contribution in [-0.2, 0) is 4.79 Å². The summed E-state index contributed by atoms with van der Waals surface area (Å²) in [6.45, 7) is 1.80. The fourth-order valence-electron chi connectivity index (χ4n) is 1.65. The highest BCUT2D eigenvalue weighted by atomic mass is 35.5. The molecule has 0 heterocycles. The summed E-state index contributed by atoms with van der Waals surface area (Å²) in [4.78, 5) is 12.0. The molecule has 0 aliphatic rings. The van der Waals surface area contributed by atoms with Gasteiger partial charge in [-0.05, 0) is 31.2 Å².